The minimum atomic E-state index is 0.778. The molecule has 0 bridgehead atoms. The van der Waals surface area contributed by atoms with Crippen LogP contribution in [0.5, 0.6) is 0 Å². The van der Waals surface area contributed by atoms with E-state index in [0.29, 0.717) is 0 Å². The second-order valence-electron chi connectivity index (χ2n) is 29.8. The molecule has 3 aliphatic rings. The third-order valence-corrected chi connectivity index (χ3v) is 28.7. The van der Waals surface area contributed by atoms with Crippen molar-refractivity contribution < 1.29 is 28.4 Å². The molecule has 3 fully saturated rings. The van der Waals surface area contributed by atoms with E-state index in [-0.39, 0.29) is 0 Å². The molecule has 3 aliphatic heterocycles. The summed E-state index contributed by atoms with van der Waals surface area (Å²) in [5.74, 6) is 0. The number of hydrogen-bond acceptors (Lipinski definition) is 16. The van der Waals surface area contributed by atoms with Crippen molar-refractivity contribution in [3.63, 3.8) is 0 Å². The third kappa shape index (κ3) is 15.6. The van der Waals surface area contributed by atoms with Crippen molar-refractivity contribution in [3.05, 3.63) is 337 Å². The van der Waals surface area contributed by atoms with Crippen molar-refractivity contribution in [3.8, 4) is 107 Å². The van der Waals surface area contributed by atoms with Gasteiger partial charge in [0.05, 0.1) is 143 Å². The number of fused-ring (bicyclic) bond motifs is 12. The lowest BCUT2D eigenvalue weighted by molar-refractivity contribution is -0.0334. The van der Waals surface area contributed by atoms with Crippen molar-refractivity contribution in [1.82, 2.24) is 38.7 Å². The smallest absolute Gasteiger partial charge is 0.158 e. The molecule has 0 unspecified atom stereocenters. The van der Waals surface area contributed by atoms with Crippen LogP contribution in [0.2, 0.25) is 0 Å². The summed E-state index contributed by atoms with van der Waals surface area (Å²) in [4.78, 5) is 4.58. The summed E-state index contributed by atoms with van der Waals surface area (Å²) in [6.45, 7) is 9.33. The van der Waals surface area contributed by atoms with Crippen LogP contribution in [0.1, 0.15) is 0 Å². The van der Waals surface area contributed by atoms with Crippen molar-refractivity contribution >= 4 is 155 Å². The van der Waals surface area contributed by atoms with Gasteiger partial charge in [-0.2, -0.15) is 0 Å². The zero-order valence-electron chi connectivity index (χ0n) is 67.3. The minimum Gasteiger partial charge on any atom is -0.377 e. The maximum absolute atomic E-state index is 4.94. The molecule has 0 spiro atoms. The molecule has 0 N–H and O–H groups in total. The maximum atomic E-state index is 4.94. The predicted octanol–water partition coefficient (Wildman–Crippen LogP) is 27.1. The normalized spacial score (nSPS) is 13.5. The van der Waals surface area contributed by atoms with E-state index in [9.17, 15) is 0 Å². The largest absolute Gasteiger partial charge is 0.377 e. The molecule has 25 rings (SSSR count). The molecular formula is C104H80N8O6S6. The zero-order chi connectivity index (χ0) is 82.5. The fourth-order valence-corrected chi connectivity index (χ4v) is 22.7. The Morgan fingerprint density at radius 3 is 0.508 bits per heavy atom. The Bertz CT molecular complexity index is 6360. The highest BCUT2D eigenvalue weighted by molar-refractivity contribution is 7.26. The summed E-state index contributed by atoms with van der Waals surface area (Å²) in [6.07, 6.45) is 0. The van der Waals surface area contributed by atoms with Gasteiger partial charge in [-0.3, -0.25) is 0 Å². The van der Waals surface area contributed by atoms with Gasteiger partial charge in [-0.05, 0) is 165 Å². The van der Waals surface area contributed by atoms with Gasteiger partial charge < -0.3 is 46.7 Å². The number of hydrogen-bond donors (Lipinski definition) is 0. The van der Waals surface area contributed by atoms with Crippen LogP contribution in [0.15, 0.2) is 337 Å². The van der Waals surface area contributed by atoms with Gasteiger partial charge in [0.1, 0.15) is 0 Å². The first-order chi connectivity index (χ1) is 61.6. The van der Waals surface area contributed by atoms with Gasteiger partial charge in [-0.15, -0.1) is 65.7 Å². The van der Waals surface area contributed by atoms with E-state index in [2.05, 4.69) is 355 Å². The number of para-hydroxylation sites is 8. The molecule has 3 saturated heterocycles. The average molecular weight is 1730 g/mol. The molecule has 0 atom stereocenters. The molecule has 20 heteroatoms. The van der Waals surface area contributed by atoms with E-state index in [1.165, 1.54) is 132 Å². The number of thiophene rings is 4. The minimum absolute atomic E-state index is 0.778. The van der Waals surface area contributed by atoms with E-state index >= 15 is 0 Å². The van der Waals surface area contributed by atoms with Gasteiger partial charge in [-0.1, -0.05) is 217 Å². The molecule has 13 heterocycles. The Balaban J connectivity index is 0.000000126. The Labute approximate surface area is 739 Å². The molecule has 0 saturated carbocycles. The second-order valence-corrected chi connectivity index (χ2v) is 35.4. The van der Waals surface area contributed by atoms with Gasteiger partial charge in [0.2, 0.25) is 0 Å². The lowest BCUT2D eigenvalue weighted by atomic mass is 10.1. The van der Waals surface area contributed by atoms with Crippen LogP contribution in [-0.4, -0.2) is 118 Å². The molecule has 12 aromatic carbocycles. The molecule has 0 amide bonds. The highest BCUT2D eigenvalue weighted by atomic mass is 32.1. The average Bonchev–Trinajstić information content (AvgIpc) is 1.61. The maximum Gasteiger partial charge on any atom is 0.158 e. The Hall–Kier alpha value is -12.5. The summed E-state index contributed by atoms with van der Waals surface area (Å²) < 4.78 is 39.1. The summed E-state index contributed by atoms with van der Waals surface area (Å²) in [6, 6.07) is 114. The Kier molecular flexibility index (Phi) is 23.0. The van der Waals surface area contributed by atoms with E-state index < -0.39 is 0 Å². The number of benzene rings is 12. The molecular weight excluding hydrogens is 1650 g/mol. The summed E-state index contributed by atoms with van der Waals surface area (Å²) in [5, 5.41) is 41.5. The van der Waals surface area contributed by atoms with Gasteiger partial charge >= 0.3 is 0 Å². The number of nitrogens with zero attached hydrogens (tertiary/aromatic N) is 8. The van der Waals surface area contributed by atoms with Gasteiger partial charge in [0.15, 0.2) is 20.0 Å². The third-order valence-electron chi connectivity index (χ3n) is 22.6. The molecule has 124 heavy (non-hydrogen) atoms. The highest BCUT2D eigenvalue weighted by Crippen LogP contribution is 2.48. The van der Waals surface area contributed by atoms with E-state index in [1.807, 2.05) is 0 Å². The quantitative estimate of drug-likeness (QED) is 0.117. The van der Waals surface area contributed by atoms with Crippen molar-refractivity contribution in [1.29, 1.82) is 0 Å². The van der Waals surface area contributed by atoms with Crippen LogP contribution in [0.4, 0.5) is 0 Å². The van der Waals surface area contributed by atoms with Crippen LogP contribution in [0, 0.1) is 0 Å². The van der Waals surface area contributed by atoms with Crippen LogP contribution in [0.3, 0.4) is 0 Å². The topological polar surface area (TPSA) is 127 Å². The molecule has 608 valence electrons. The van der Waals surface area contributed by atoms with Crippen molar-refractivity contribution in [2.75, 3.05) is 79.3 Å². The van der Waals surface area contributed by atoms with Gasteiger partial charge in [0, 0.05) is 88.1 Å². The standard InChI is InChI=1S/2C46H28N4S3.3C4H8O2/c2*1-5-13-39-35(9-1)36-10-2-6-14-40(36)49(39)31-21-17-29(18-22-31)33-25-27-51-43(33)45-47-48-46(53-45)44-34(26-28-52-44)30-19-23-32(24-20-30)50-41-15-7-3-11-37(41)38-12-4-8-16-42(38)50;3*1-2-6-4-3-5-1/h2*1-28H;3*1-4H2. The highest BCUT2D eigenvalue weighted by Gasteiger charge is 2.24. The van der Waals surface area contributed by atoms with Crippen molar-refractivity contribution in [2.24, 2.45) is 0 Å². The van der Waals surface area contributed by atoms with E-state index in [0.717, 1.165) is 142 Å². The monoisotopic (exact) mass is 1730 g/mol. The number of rotatable bonds is 12. The summed E-state index contributed by atoms with van der Waals surface area (Å²) in [5.41, 5.74) is 23.7. The van der Waals surface area contributed by atoms with Crippen molar-refractivity contribution in [2.45, 2.75) is 0 Å². The Morgan fingerprint density at radius 2 is 0.347 bits per heavy atom. The second kappa shape index (κ2) is 36.1. The fourth-order valence-electron chi connectivity index (χ4n) is 16.9. The molecule has 0 radical (unpaired) electrons. The zero-order valence-corrected chi connectivity index (χ0v) is 72.2. The SMILES string of the molecule is C1COCCO1.C1COCCO1.C1COCCO1.c1ccc2c(c1)c1ccccc1n2-c1ccc(-c2ccsc2-c2nnc(-c3sccc3-c3ccc(-n4c5ccccc5c5ccccc54)cc3)s2)cc1.c1ccc2c(c1)c1ccccc1n2-c1ccc(-c2ccsc2-c2nnc(-c3sccc3-c3ccc(-n4c5ccccc5c5ccccc54)cc3)s2)cc1. The number of ether oxygens (including phenoxy) is 6. The first-order valence-corrected chi connectivity index (χ1v) is 46.6. The van der Waals surface area contributed by atoms with Crippen LogP contribution in [-0.2, 0) is 28.4 Å². The fraction of sp³-hybridized carbons (Fsp3) is 0.115. The molecule has 10 aromatic heterocycles. The predicted molar refractivity (Wildman–Crippen MR) is 517 cm³/mol. The van der Waals surface area contributed by atoms with E-state index in [1.54, 1.807) is 68.0 Å². The Morgan fingerprint density at radius 1 is 0.185 bits per heavy atom. The van der Waals surface area contributed by atoms with Crippen LogP contribution >= 0.6 is 68.0 Å². The van der Waals surface area contributed by atoms with Gasteiger partial charge in [-0.25, -0.2) is 0 Å². The first-order valence-electron chi connectivity index (χ1n) is 41.4. The van der Waals surface area contributed by atoms with Gasteiger partial charge in [0.25, 0.3) is 0 Å². The summed E-state index contributed by atoms with van der Waals surface area (Å²) >= 11 is 10.2. The van der Waals surface area contributed by atoms with Crippen LogP contribution in [0.25, 0.3) is 194 Å². The lowest BCUT2D eigenvalue weighted by Crippen LogP contribution is -2.16. The molecule has 14 nitrogen and oxygen atoms in total. The first kappa shape index (κ1) is 78.8. The van der Waals surface area contributed by atoms with E-state index in [4.69, 9.17) is 48.8 Å². The summed E-state index contributed by atoms with van der Waals surface area (Å²) in [7, 11) is 0. The molecule has 0 aliphatic carbocycles. The molecule has 22 aromatic rings. The number of aromatic nitrogens is 8. The van der Waals surface area contributed by atoms with Crippen LogP contribution < -0.4 is 0 Å². The lowest BCUT2D eigenvalue weighted by Gasteiger charge is -2.09.